The minimum Gasteiger partial charge on any atom is -0.444 e. The van der Waals surface area contributed by atoms with E-state index in [4.69, 9.17) is 22.1 Å². The number of hydrogen-bond donors (Lipinski definition) is 3. The van der Waals surface area contributed by atoms with Gasteiger partial charge < -0.3 is 20.9 Å². The molecule has 1 unspecified atom stereocenters. The molecule has 25 heavy (non-hydrogen) atoms. The summed E-state index contributed by atoms with van der Waals surface area (Å²) in [5.41, 5.74) is 0.928. The molecule has 1 atom stereocenters. The molecule has 0 spiro atoms. The number of carbonyl (C=O) groups excluding carboxylic acids is 1. The van der Waals surface area contributed by atoms with E-state index in [1.807, 2.05) is 0 Å². The van der Waals surface area contributed by atoms with Crippen LogP contribution in [0.3, 0.4) is 0 Å². The Labute approximate surface area is 150 Å². The predicted octanol–water partition coefficient (Wildman–Crippen LogP) is 2.91. The van der Waals surface area contributed by atoms with Crippen LogP contribution in [0.2, 0.25) is 5.15 Å². The van der Waals surface area contributed by atoms with Crippen LogP contribution in [0.25, 0.3) is 0 Å². The van der Waals surface area contributed by atoms with Crippen molar-refractivity contribution in [3.8, 4) is 0 Å². The molecule has 0 fully saturated rings. The van der Waals surface area contributed by atoms with E-state index in [2.05, 4.69) is 10.3 Å². The molecule has 1 aromatic rings. The molecule has 0 saturated heterocycles. The van der Waals surface area contributed by atoms with Gasteiger partial charge in [-0.15, -0.1) is 0 Å². The fourth-order valence-electron chi connectivity index (χ4n) is 2.02. The van der Waals surface area contributed by atoms with Crippen LogP contribution in [0, 0.1) is 0 Å². The Morgan fingerprint density at radius 2 is 1.92 bits per heavy atom. The van der Waals surface area contributed by atoms with Crippen molar-refractivity contribution in [1.82, 2.24) is 10.3 Å². The highest BCUT2D eigenvalue weighted by molar-refractivity contribution is 6.29. The Balaban J connectivity index is 3.22. The monoisotopic (exact) mass is 379 g/mol. The number of nitrogens with zero attached hydrogens (tertiary/aromatic N) is 1. The molecule has 0 aliphatic rings. The van der Waals surface area contributed by atoms with Gasteiger partial charge in [0.25, 0.3) is 6.43 Å². The number of nitrogens with one attached hydrogen (secondary N) is 1. The quantitative estimate of drug-likeness (QED) is 0.683. The predicted molar refractivity (Wildman–Crippen MR) is 90.6 cm³/mol. The molecule has 1 aromatic heterocycles. The number of halogens is 3. The van der Waals surface area contributed by atoms with Gasteiger partial charge in [-0.2, -0.15) is 0 Å². The highest BCUT2D eigenvalue weighted by Gasteiger charge is 2.41. The Morgan fingerprint density at radius 1 is 1.36 bits per heavy atom. The topological polar surface area (TPSA) is 97.5 Å². The van der Waals surface area contributed by atoms with E-state index in [0.29, 0.717) is 5.56 Å². The van der Waals surface area contributed by atoms with E-state index in [-0.39, 0.29) is 10.8 Å². The second-order valence-corrected chi connectivity index (χ2v) is 7.63. The van der Waals surface area contributed by atoms with Crippen LogP contribution < -0.4 is 11.1 Å². The number of pyridine rings is 1. The number of amides is 1. The number of aromatic nitrogens is 1. The summed E-state index contributed by atoms with van der Waals surface area (Å²) in [5, 5.41) is 12.6. The lowest BCUT2D eigenvalue weighted by Crippen LogP contribution is -2.45. The highest BCUT2D eigenvalue weighted by atomic mass is 35.5. The van der Waals surface area contributed by atoms with E-state index in [1.54, 1.807) is 34.6 Å². The molecular formula is C16H24ClF2N3O3. The van der Waals surface area contributed by atoms with Gasteiger partial charge in [0.1, 0.15) is 10.8 Å². The Hall–Kier alpha value is -1.51. The summed E-state index contributed by atoms with van der Waals surface area (Å²) in [4.78, 5) is 15.8. The zero-order valence-corrected chi connectivity index (χ0v) is 15.6. The maximum atomic E-state index is 13.2. The summed E-state index contributed by atoms with van der Waals surface area (Å²) in [5.74, 6) is 0. The smallest absolute Gasteiger partial charge is 0.408 e. The maximum Gasteiger partial charge on any atom is 0.408 e. The van der Waals surface area contributed by atoms with Crippen molar-refractivity contribution < 1.29 is 23.4 Å². The Bertz CT molecular complexity index is 636. The second kappa shape index (κ2) is 7.39. The number of alkyl halides is 2. The van der Waals surface area contributed by atoms with Gasteiger partial charge in [-0.25, -0.2) is 18.6 Å². The molecule has 0 saturated carbocycles. The van der Waals surface area contributed by atoms with Gasteiger partial charge in [0.05, 0.1) is 11.2 Å². The van der Waals surface area contributed by atoms with Crippen molar-refractivity contribution in [1.29, 1.82) is 0 Å². The van der Waals surface area contributed by atoms with Crippen LogP contribution in [-0.4, -0.2) is 34.8 Å². The van der Waals surface area contributed by atoms with E-state index in [1.165, 1.54) is 12.1 Å². The lowest BCUT2D eigenvalue weighted by molar-refractivity contribution is -0.0976. The van der Waals surface area contributed by atoms with Crippen molar-refractivity contribution in [2.24, 2.45) is 5.73 Å². The van der Waals surface area contributed by atoms with Crippen LogP contribution in [-0.2, 0) is 15.9 Å². The van der Waals surface area contributed by atoms with Crippen molar-refractivity contribution in [3.05, 3.63) is 28.5 Å². The Morgan fingerprint density at radius 3 is 2.36 bits per heavy atom. The molecule has 0 aromatic carbocycles. The lowest BCUT2D eigenvalue weighted by atomic mass is 9.91. The summed E-state index contributed by atoms with van der Waals surface area (Å²) >= 11 is 5.91. The molecule has 1 amide bonds. The molecule has 1 heterocycles. The number of nitrogens with two attached hydrogens (primary N) is 1. The maximum absolute atomic E-state index is 13.2. The van der Waals surface area contributed by atoms with Gasteiger partial charge in [0.2, 0.25) is 0 Å². The zero-order chi connectivity index (χ0) is 19.6. The normalized spacial score (nSPS) is 15.0. The van der Waals surface area contributed by atoms with Crippen LogP contribution in [0.15, 0.2) is 12.1 Å². The van der Waals surface area contributed by atoms with Crippen molar-refractivity contribution in [2.75, 3.05) is 6.54 Å². The van der Waals surface area contributed by atoms with E-state index in [0.717, 1.165) is 0 Å². The number of hydrogen-bond acceptors (Lipinski definition) is 5. The fourth-order valence-corrected chi connectivity index (χ4v) is 2.22. The van der Waals surface area contributed by atoms with Crippen LogP contribution in [0.4, 0.5) is 13.6 Å². The SMILES string of the molecule is CC(C)(C)OC(=O)NC(C)(C)c1cc(Cl)nc(C(O)(CN)C(F)F)c1. The molecular weight excluding hydrogens is 356 g/mol. The molecule has 0 radical (unpaired) electrons. The third-order valence-electron chi connectivity index (χ3n) is 3.44. The first-order valence-electron chi connectivity index (χ1n) is 7.61. The van der Waals surface area contributed by atoms with Crippen molar-refractivity contribution in [3.63, 3.8) is 0 Å². The molecule has 1 rings (SSSR count). The Kier molecular flexibility index (Phi) is 6.36. The van der Waals surface area contributed by atoms with E-state index >= 15 is 0 Å². The van der Waals surface area contributed by atoms with Gasteiger partial charge in [-0.1, -0.05) is 11.6 Å². The molecule has 6 nitrogen and oxygen atoms in total. The number of aliphatic hydroxyl groups is 1. The number of ether oxygens (including phenoxy) is 1. The highest BCUT2D eigenvalue weighted by Crippen LogP contribution is 2.31. The van der Waals surface area contributed by atoms with Crippen molar-refractivity contribution >= 4 is 17.7 Å². The van der Waals surface area contributed by atoms with E-state index in [9.17, 15) is 18.7 Å². The molecule has 142 valence electrons. The standard InChI is InChI=1S/C16H24ClF2N3O3/c1-14(2,3)25-13(23)22-15(4,5)9-6-10(21-11(17)7-9)16(24,8-20)12(18)19/h6-7,12,24H,8,20H2,1-5H3,(H,22,23). The fraction of sp³-hybridized carbons (Fsp3) is 0.625. The minimum absolute atomic E-state index is 0.112. The first-order chi connectivity index (χ1) is 11.2. The second-order valence-electron chi connectivity index (χ2n) is 7.24. The summed E-state index contributed by atoms with van der Waals surface area (Å²) < 4.78 is 31.6. The molecule has 0 aliphatic heterocycles. The lowest BCUT2D eigenvalue weighted by Gasteiger charge is -2.31. The molecule has 0 bridgehead atoms. The third-order valence-corrected chi connectivity index (χ3v) is 3.64. The summed E-state index contributed by atoms with van der Waals surface area (Å²) in [6.45, 7) is 7.67. The largest absolute Gasteiger partial charge is 0.444 e. The van der Waals surface area contributed by atoms with E-state index < -0.39 is 35.8 Å². The molecule has 9 heteroatoms. The average Bonchev–Trinajstić information content (AvgIpc) is 2.42. The summed E-state index contributed by atoms with van der Waals surface area (Å²) in [6.07, 6.45) is -3.84. The molecule has 4 N–H and O–H groups in total. The molecule has 0 aliphatic carbocycles. The first-order valence-corrected chi connectivity index (χ1v) is 7.99. The summed E-state index contributed by atoms with van der Waals surface area (Å²) in [7, 11) is 0. The number of rotatable bonds is 5. The third kappa shape index (κ3) is 5.49. The summed E-state index contributed by atoms with van der Waals surface area (Å²) in [6, 6.07) is 2.65. The van der Waals surface area contributed by atoms with Gasteiger partial charge in [0.15, 0.2) is 5.60 Å². The number of alkyl carbamates (subject to hydrolysis) is 1. The van der Waals surface area contributed by atoms with Gasteiger partial charge in [0, 0.05) is 6.54 Å². The van der Waals surface area contributed by atoms with Gasteiger partial charge in [-0.3, -0.25) is 0 Å². The van der Waals surface area contributed by atoms with Gasteiger partial charge >= 0.3 is 6.09 Å². The van der Waals surface area contributed by atoms with Gasteiger partial charge in [-0.05, 0) is 52.3 Å². The zero-order valence-electron chi connectivity index (χ0n) is 14.9. The first kappa shape index (κ1) is 21.5. The van der Waals surface area contributed by atoms with Crippen molar-refractivity contribution in [2.45, 2.75) is 57.8 Å². The average molecular weight is 380 g/mol. The van der Waals surface area contributed by atoms with Crippen LogP contribution in [0.5, 0.6) is 0 Å². The van der Waals surface area contributed by atoms with Crippen LogP contribution in [0.1, 0.15) is 45.9 Å². The number of carbonyl (C=O) groups is 1. The van der Waals surface area contributed by atoms with Crippen LogP contribution >= 0.6 is 11.6 Å². The minimum atomic E-state index is -3.15.